The lowest BCUT2D eigenvalue weighted by atomic mass is 10.1. The second-order valence-corrected chi connectivity index (χ2v) is 5.42. The van der Waals surface area contributed by atoms with Crippen LogP contribution in [0.5, 0.6) is 0 Å². The Bertz CT molecular complexity index is 812. The minimum Gasteiger partial charge on any atom is -0.481 e. The minimum atomic E-state index is -4.47. The number of amides is 1. The van der Waals surface area contributed by atoms with Crippen LogP contribution in [0.2, 0.25) is 0 Å². The first kappa shape index (κ1) is 19.2. The van der Waals surface area contributed by atoms with E-state index >= 15 is 0 Å². The molecule has 8 heteroatoms. The summed E-state index contributed by atoms with van der Waals surface area (Å²) < 4.78 is 37.5. The lowest BCUT2D eigenvalue weighted by Crippen LogP contribution is -2.13. The minimum absolute atomic E-state index is 0.0552. The zero-order chi connectivity index (χ0) is 19.3. The average molecular weight is 365 g/mol. The number of anilines is 1. The molecule has 0 saturated carbocycles. The van der Waals surface area contributed by atoms with Crippen LogP contribution in [0.25, 0.3) is 0 Å². The van der Waals surface area contributed by atoms with Gasteiger partial charge >= 0.3 is 12.1 Å². The fourth-order valence-electron chi connectivity index (χ4n) is 2.12. The van der Waals surface area contributed by atoms with Gasteiger partial charge in [0.25, 0.3) is 5.91 Å². The molecule has 0 saturated heterocycles. The number of carboxylic acid groups (broad SMARTS) is 1. The van der Waals surface area contributed by atoms with Crippen LogP contribution >= 0.6 is 0 Å². The first-order chi connectivity index (χ1) is 12.2. The summed E-state index contributed by atoms with van der Waals surface area (Å²) in [6.45, 7) is 0. The van der Waals surface area contributed by atoms with Crippen LogP contribution in [0.15, 0.2) is 48.5 Å². The second kappa shape index (κ2) is 7.81. The van der Waals surface area contributed by atoms with Crippen LogP contribution in [-0.2, 0) is 11.0 Å². The van der Waals surface area contributed by atoms with Crippen LogP contribution in [0.1, 0.15) is 39.1 Å². The van der Waals surface area contributed by atoms with E-state index in [1.165, 1.54) is 24.3 Å². The second-order valence-electron chi connectivity index (χ2n) is 5.42. The Balaban J connectivity index is 2.01. The van der Waals surface area contributed by atoms with Crippen molar-refractivity contribution in [3.05, 3.63) is 65.2 Å². The smallest absolute Gasteiger partial charge is 0.416 e. The lowest BCUT2D eigenvalue weighted by molar-refractivity contribution is -0.138. The number of carbonyl (C=O) groups excluding carboxylic acids is 2. The van der Waals surface area contributed by atoms with Crippen molar-refractivity contribution >= 4 is 23.3 Å². The van der Waals surface area contributed by atoms with Gasteiger partial charge in [-0.15, -0.1) is 0 Å². The molecule has 0 aromatic heterocycles. The average Bonchev–Trinajstić information content (AvgIpc) is 2.59. The molecule has 136 valence electrons. The van der Waals surface area contributed by atoms with Gasteiger partial charge in [-0.1, -0.05) is 0 Å². The molecule has 0 aliphatic carbocycles. The first-order valence-electron chi connectivity index (χ1n) is 7.50. The van der Waals surface area contributed by atoms with Gasteiger partial charge in [0.1, 0.15) is 0 Å². The van der Waals surface area contributed by atoms with Crippen molar-refractivity contribution in [2.45, 2.75) is 19.0 Å². The van der Waals surface area contributed by atoms with Gasteiger partial charge in [0.2, 0.25) is 0 Å². The Morgan fingerprint density at radius 3 is 1.88 bits per heavy atom. The number of nitrogens with one attached hydrogen (secondary N) is 1. The van der Waals surface area contributed by atoms with Gasteiger partial charge in [0.15, 0.2) is 5.78 Å². The van der Waals surface area contributed by atoms with E-state index in [0.29, 0.717) is 11.3 Å². The number of alkyl halides is 3. The zero-order valence-corrected chi connectivity index (χ0v) is 13.3. The van der Waals surface area contributed by atoms with Gasteiger partial charge in [0.05, 0.1) is 12.0 Å². The third-order valence-electron chi connectivity index (χ3n) is 3.51. The maximum Gasteiger partial charge on any atom is 0.416 e. The summed E-state index contributed by atoms with van der Waals surface area (Å²) in [5, 5.41) is 11.1. The molecule has 0 fully saturated rings. The molecule has 0 radical (unpaired) electrons. The summed E-state index contributed by atoms with van der Waals surface area (Å²) in [4.78, 5) is 34.3. The van der Waals surface area contributed by atoms with Crippen molar-refractivity contribution in [1.29, 1.82) is 0 Å². The summed E-state index contributed by atoms with van der Waals surface area (Å²) in [7, 11) is 0. The van der Waals surface area contributed by atoms with E-state index in [2.05, 4.69) is 5.32 Å². The Morgan fingerprint density at radius 1 is 0.846 bits per heavy atom. The maximum absolute atomic E-state index is 12.5. The van der Waals surface area contributed by atoms with Gasteiger partial charge in [-0.3, -0.25) is 14.4 Å². The first-order valence-corrected chi connectivity index (χ1v) is 7.50. The van der Waals surface area contributed by atoms with Crippen LogP contribution in [0.4, 0.5) is 18.9 Å². The molecule has 26 heavy (non-hydrogen) atoms. The van der Waals surface area contributed by atoms with Crippen molar-refractivity contribution in [1.82, 2.24) is 0 Å². The molecule has 0 spiro atoms. The number of rotatable bonds is 6. The topological polar surface area (TPSA) is 83.5 Å². The number of aliphatic carboxylic acids is 1. The lowest BCUT2D eigenvalue weighted by Gasteiger charge is -2.09. The Labute approximate surface area is 146 Å². The molecule has 2 N–H and O–H groups in total. The van der Waals surface area contributed by atoms with E-state index in [1.807, 2.05) is 0 Å². The van der Waals surface area contributed by atoms with Crippen LogP contribution in [0.3, 0.4) is 0 Å². The van der Waals surface area contributed by atoms with E-state index in [9.17, 15) is 27.6 Å². The highest BCUT2D eigenvalue weighted by molar-refractivity contribution is 6.04. The molecule has 0 unspecified atom stereocenters. The van der Waals surface area contributed by atoms with Crippen molar-refractivity contribution in [3.8, 4) is 0 Å². The summed E-state index contributed by atoms with van der Waals surface area (Å²) in [6, 6.07) is 9.56. The molecule has 0 atom stereocenters. The molecule has 2 aromatic carbocycles. The molecule has 0 bridgehead atoms. The Kier molecular flexibility index (Phi) is 5.76. The quantitative estimate of drug-likeness (QED) is 0.758. The predicted molar refractivity (Wildman–Crippen MR) is 87.0 cm³/mol. The summed E-state index contributed by atoms with van der Waals surface area (Å²) >= 11 is 0. The molecule has 2 aromatic rings. The monoisotopic (exact) mass is 365 g/mol. The van der Waals surface area contributed by atoms with Crippen LogP contribution in [-0.4, -0.2) is 22.8 Å². The molecule has 0 aliphatic rings. The highest BCUT2D eigenvalue weighted by Gasteiger charge is 2.30. The van der Waals surface area contributed by atoms with Gasteiger partial charge in [-0.05, 0) is 48.5 Å². The van der Waals surface area contributed by atoms with Crippen LogP contribution in [0, 0.1) is 0 Å². The van der Waals surface area contributed by atoms with E-state index in [-0.39, 0.29) is 24.2 Å². The third kappa shape index (κ3) is 5.17. The standard InChI is InChI=1S/C18H14F3NO4/c19-18(20,21)13-5-1-12(2-6-13)17(26)22-14-7-3-11(4-8-14)15(23)9-10-16(24)25/h1-8H,9-10H2,(H,22,26)(H,24,25). The molecule has 0 heterocycles. The number of hydrogen-bond donors (Lipinski definition) is 2. The van der Waals surface area contributed by atoms with Gasteiger partial charge in [0, 0.05) is 23.2 Å². The SMILES string of the molecule is O=C(O)CCC(=O)c1ccc(NC(=O)c2ccc(C(F)(F)F)cc2)cc1. The fraction of sp³-hybridized carbons (Fsp3) is 0.167. The van der Waals surface area contributed by atoms with Crippen molar-refractivity contribution < 1.29 is 32.7 Å². The number of halogens is 3. The van der Waals surface area contributed by atoms with Crippen molar-refractivity contribution in [2.24, 2.45) is 0 Å². The summed E-state index contributed by atoms with van der Waals surface area (Å²) in [6.07, 6.45) is -4.88. The number of Topliss-reactive ketones (excluding diaryl/α,β-unsaturated/α-hetero) is 1. The van der Waals surface area contributed by atoms with Gasteiger partial charge in [-0.25, -0.2) is 0 Å². The maximum atomic E-state index is 12.5. The number of benzene rings is 2. The normalized spacial score (nSPS) is 11.0. The Hall–Kier alpha value is -3.16. The number of ketones is 1. The molecular formula is C18H14F3NO4. The summed E-state index contributed by atoms with van der Waals surface area (Å²) in [5.41, 5.74) is -0.138. The largest absolute Gasteiger partial charge is 0.481 e. The van der Waals surface area contributed by atoms with E-state index in [4.69, 9.17) is 5.11 Å². The van der Waals surface area contributed by atoms with E-state index < -0.39 is 23.6 Å². The Morgan fingerprint density at radius 2 is 1.38 bits per heavy atom. The molecular weight excluding hydrogens is 351 g/mol. The number of carbonyl (C=O) groups is 3. The van der Waals surface area contributed by atoms with E-state index in [0.717, 1.165) is 24.3 Å². The molecule has 0 aliphatic heterocycles. The number of hydrogen-bond acceptors (Lipinski definition) is 3. The van der Waals surface area contributed by atoms with Gasteiger partial charge in [-0.2, -0.15) is 13.2 Å². The predicted octanol–water partition coefficient (Wildman–Crippen LogP) is 4.01. The van der Waals surface area contributed by atoms with Crippen molar-refractivity contribution in [3.63, 3.8) is 0 Å². The molecule has 2 rings (SSSR count). The third-order valence-corrected chi connectivity index (χ3v) is 3.51. The summed E-state index contributed by atoms with van der Waals surface area (Å²) in [5.74, 6) is -2.00. The van der Waals surface area contributed by atoms with Gasteiger partial charge < -0.3 is 10.4 Å². The molecule has 1 amide bonds. The van der Waals surface area contributed by atoms with Crippen LogP contribution < -0.4 is 5.32 Å². The highest BCUT2D eigenvalue weighted by Crippen LogP contribution is 2.29. The zero-order valence-electron chi connectivity index (χ0n) is 13.3. The fourth-order valence-corrected chi connectivity index (χ4v) is 2.12. The molecule has 5 nitrogen and oxygen atoms in total. The number of carboxylic acids is 1. The highest BCUT2D eigenvalue weighted by atomic mass is 19.4. The van der Waals surface area contributed by atoms with Crippen molar-refractivity contribution in [2.75, 3.05) is 5.32 Å². The van der Waals surface area contributed by atoms with E-state index in [1.54, 1.807) is 0 Å².